The summed E-state index contributed by atoms with van der Waals surface area (Å²) in [5.41, 5.74) is 1.97. The highest BCUT2D eigenvalue weighted by Gasteiger charge is 2.22. The maximum absolute atomic E-state index is 9.02. The van der Waals surface area contributed by atoms with Crippen LogP contribution in [0.4, 0.5) is 0 Å². The second kappa shape index (κ2) is 6.55. The second-order valence-electron chi connectivity index (χ2n) is 5.66. The predicted molar refractivity (Wildman–Crippen MR) is 81.4 cm³/mol. The number of piperidine rings is 1. The maximum Gasteiger partial charge on any atom is 0.0991 e. The smallest absolute Gasteiger partial charge is 0.0991 e. The van der Waals surface area contributed by atoms with Gasteiger partial charge in [-0.2, -0.15) is 10.4 Å². The van der Waals surface area contributed by atoms with Gasteiger partial charge >= 0.3 is 0 Å². The molecule has 0 N–H and O–H groups in total. The summed E-state index contributed by atoms with van der Waals surface area (Å²) in [6.07, 6.45) is 7.64. The summed E-state index contributed by atoms with van der Waals surface area (Å²) in [4.78, 5) is 2.53. The molecule has 2 heterocycles. The van der Waals surface area contributed by atoms with Crippen molar-refractivity contribution < 1.29 is 0 Å². The zero-order chi connectivity index (χ0) is 14.5. The third-order valence-corrected chi connectivity index (χ3v) is 4.15. The van der Waals surface area contributed by atoms with Crippen molar-refractivity contribution >= 4 is 0 Å². The molecule has 0 amide bonds. The van der Waals surface area contributed by atoms with Crippen LogP contribution in [-0.2, 0) is 13.1 Å². The van der Waals surface area contributed by atoms with Crippen LogP contribution < -0.4 is 0 Å². The van der Waals surface area contributed by atoms with Crippen molar-refractivity contribution in [3.8, 4) is 6.07 Å². The first-order chi connectivity index (χ1) is 10.3. The minimum Gasteiger partial charge on any atom is -0.294 e. The number of benzene rings is 1. The fourth-order valence-corrected chi connectivity index (χ4v) is 3.07. The number of hydrogen-bond acceptors (Lipinski definition) is 3. The lowest BCUT2D eigenvalue weighted by atomic mass is 10.0. The van der Waals surface area contributed by atoms with Crippen molar-refractivity contribution in [1.82, 2.24) is 14.7 Å². The normalized spacial score (nSPS) is 19.3. The molecular weight excluding hydrogens is 260 g/mol. The number of aromatic nitrogens is 2. The molecule has 0 radical (unpaired) electrons. The predicted octanol–water partition coefficient (Wildman–Crippen LogP) is 2.81. The Labute approximate surface area is 125 Å². The Morgan fingerprint density at radius 1 is 1.29 bits per heavy atom. The zero-order valence-electron chi connectivity index (χ0n) is 12.2. The molecule has 3 rings (SSSR count). The van der Waals surface area contributed by atoms with Crippen LogP contribution in [0.5, 0.6) is 0 Å². The molecule has 1 aromatic carbocycles. The third-order valence-electron chi connectivity index (χ3n) is 4.15. The van der Waals surface area contributed by atoms with Gasteiger partial charge in [0.2, 0.25) is 0 Å². The van der Waals surface area contributed by atoms with E-state index in [2.05, 4.69) is 22.1 Å². The van der Waals surface area contributed by atoms with Crippen molar-refractivity contribution in [2.24, 2.45) is 0 Å². The van der Waals surface area contributed by atoms with Gasteiger partial charge in [-0.25, -0.2) is 0 Å². The number of nitriles is 1. The minimum absolute atomic E-state index is 0.532. The minimum atomic E-state index is 0.532. The SMILES string of the molecule is N#Cc1cccc(CN2CCCCC2Cn2cccn2)c1. The summed E-state index contributed by atoms with van der Waals surface area (Å²) >= 11 is 0. The van der Waals surface area contributed by atoms with E-state index < -0.39 is 0 Å². The molecule has 108 valence electrons. The summed E-state index contributed by atoms with van der Waals surface area (Å²) in [5.74, 6) is 0. The van der Waals surface area contributed by atoms with Gasteiger partial charge in [0.1, 0.15) is 0 Å². The summed E-state index contributed by atoms with van der Waals surface area (Å²) in [5, 5.41) is 13.3. The van der Waals surface area contributed by atoms with E-state index in [-0.39, 0.29) is 0 Å². The lowest BCUT2D eigenvalue weighted by Crippen LogP contribution is -2.41. The molecule has 4 heteroatoms. The van der Waals surface area contributed by atoms with Gasteiger partial charge < -0.3 is 0 Å². The third kappa shape index (κ3) is 3.50. The average Bonchev–Trinajstić information content (AvgIpc) is 3.02. The molecule has 0 saturated carbocycles. The molecule has 1 aromatic heterocycles. The summed E-state index contributed by atoms with van der Waals surface area (Å²) in [6.45, 7) is 3.00. The zero-order valence-corrected chi connectivity index (χ0v) is 12.2. The Hall–Kier alpha value is -2.12. The van der Waals surface area contributed by atoms with Crippen molar-refractivity contribution in [2.75, 3.05) is 6.54 Å². The molecule has 0 aliphatic carbocycles. The van der Waals surface area contributed by atoms with Crippen molar-refractivity contribution in [3.63, 3.8) is 0 Å². The van der Waals surface area contributed by atoms with Gasteiger partial charge in [-0.05, 0) is 43.1 Å². The Balaban J connectivity index is 1.70. The number of rotatable bonds is 4. The highest BCUT2D eigenvalue weighted by molar-refractivity contribution is 5.32. The van der Waals surface area contributed by atoms with E-state index in [1.54, 1.807) is 0 Å². The Morgan fingerprint density at radius 2 is 2.24 bits per heavy atom. The lowest BCUT2D eigenvalue weighted by molar-refractivity contribution is 0.122. The number of nitrogens with zero attached hydrogens (tertiary/aromatic N) is 4. The first-order valence-electron chi connectivity index (χ1n) is 7.55. The molecule has 21 heavy (non-hydrogen) atoms. The van der Waals surface area contributed by atoms with Crippen molar-refractivity contribution in [3.05, 3.63) is 53.9 Å². The molecule has 2 aromatic rings. The molecule has 1 atom stereocenters. The van der Waals surface area contributed by atoms with Gasteiger partial charge in [0.25, 0.3) is 0 Å². The molecule has 0 spiro atoms. The average molecular weight is 280 g/mol. The van der Waals surface area contributed by atoms with Crippen molar-refractivity contribution in [2.45, 2.75) is 38.4 Å². The quantitative estimate of drug-likeness (QED) is 0.865. The van der Waals surface area contributed by atoms with Gasteiger partial charge in [-0.15, -0.1) is 0 Å². The topological polar surface area (TPSA) is 44.9 Å². The van der Waals surface area contributed by atoms with E-state index in [1.165, 1.54) is 24.8 Å². The molecule has 1 aliphatic rings. The van der Waals surface area contributed by atoms with Crippen LogP contribution in [0.1, 0.15) is 30.4 Å². The van der Waals surface area contributed by atoms with Crippen LogP contribution in [0.2, 0.25) is 0 Å². The van der Waals surface area contributed by atoms with Crippen LogP contribution in [0, 0.1) is 11.3 Å². The van der Waals surface area contributed by atoms with Gasteiger partial charge in [-0.1, -0.05) is 18.6 Å². The maximum atomic E-state index is 9.02. The Morgan fingerprint density at radius 3 is 3.05 bits per heavy atom. The van der Waals surface area contributed by atoms with Gasteiger partial charge in [-0.3, -0.25) is 9.58 Å². The second-order valence-corrected chi connectivity index (χ2v) is 5.66. The van der Waals surface area contributed by atoms with E-state index in [9.17, 15) is 0 Å². The van der Waals surface area contributed by atoms with E-state index in [1.807, 2.05) is 41.3 Å². The van der Waals surface area contributed by atoms with E-state index in [0.717, 1.165) is 25.2 Å². The van der Waals surface area contributed by atoms with Crippen LogP contribution in [0.15, 0.2) is 42.7 Å². The fraction of sp³-hybridized carbons (Fsp3) is 0.412. The van der Waals surface area contributed by atoms with Crippen LogP contribution in [-0.4, -0.2) is 27.3 Å². The standard InChI is InChI=1S/C17H20N4/c18-12-15-5-3-6-16(11-15)13-20-9-2-1-7-17(20)14-21-10-4-8-19-21/h3-6,8,10-11,17H,1-2,7,9,13-14H2. The van der Waals surface area contributed by atoms with Crippen molar-refractivity contribution in [1.29, 1.82) is 5.26 Å². The monoisotopic (exact) mass is 280 g/mol. The molecule has 0 bridgehead atoms. The number of likely N-dealkylation sites (tertiary alicyclic amines) is 1. The summed E-state index contributed by atoms with van der Waals surface area (Å²) in [7, 11) is 0. The molecule has 1 saturated heterocycles. The van der Waals surface area contributed by atoms with E-state index in [4.69, 9.17) is 5.26 Å². The highest BCUT2D eigenvalue weighted by Crippen LogP contribution is 2.21. The van der Waals surface area contributed by atoms with Gasteiger partial charge in [0.15, 0.2) is 0 Å². The summed E-state index contributed by atoms with van der Waals surface area (Å²) < 4.78 is 2.02. The van der Waals surface area contributed by atoms with Crippen LogP contribution in [0.25, 0.3) is 0 Å². The van der Waals surface area contributed by atoms with Gasteiger partial charge in [0, 0.05) is 25.0 Å². The van der Waals surface area contributed by atoms with E-state index >= 15 is 0 Å². The Kier molecular flexibility index (Phi) is 4.32. The molecule has 1 aliphatic heterocycles. The molecule has 1 unspecified atom stereocenters. The van der Waals surface area contributed by atoms with Gasteiger partial charge in [0.05, 0.1) is 18.2 Å². The first-order valence-corrected chi connectivity index (χ1v) is 7.55. The lowest BCUT2D eigenvalue weighted by Gasteiger charge is -2.35. The van der Waals surface area contributed by atoms with Crippen LogP contribution >= 0.6 is 0 Å². The van der Waals surface area contributed by atoms with E-state index in [0.29, 0.717) is 6.04 Å². The number of hydrogen-bond donors (Lipinski definition) is 0. The first kappa shape index (κ1) is 13.8. The molecule has 4 nitrogen and oxygen atoms in total. The fourth-order valence-electron chi connectivity index (χ4n) is 3.07. The van der Waals surface area contributed by atoms with Crippen LogP contribution in [0.3, 0.4) is 0 Å². The molecule has 1 fully saturated rings. The molecular formula is C17H20N4. The largest absolute Gasteiger partial charge is 0.294 e. The highest BCUT2D eigenvalue weighted by atomic mass is 15.3. The summed E-state index contributed by atoms with van der Waals surface area (Å²) in [6, 6.07) is 12.7. The Bertz CT molecular complexity index is 612.